The summed E-state index contributed by atoms with van der Waals surface area (Å²) in [5.74, 6) is -2.71. The molecule has 0 amide bonds. The Morgan fingerprint density at radius 3 is 2.70 bits per heavy atom. The van der Waals surface area contributed by atoms with Crippen LogP contribution in [0.1, 0.15) is 48.9 Å². The van der Waals surface area contributed by atoms with Crippen molar-refractivity contribution in [2.24, 2.45) is 0 Å². The molecular weight excluding hydrogens is 407 g/mol. The average Bonchev–Trinajstić information content (AvgIpc) is 3.45. The second-order valence-corrected chi connectivity index (χ2v) is 8.03. The number of aromatic amines is 1. The molecule has 30 heavy (non-hydrogen) atoms. The zero-order valence-electron chi connectivity index (χ0n) is 15.8. The van der Waals surface area contributed by atoms with Crippen LogP contribution in [0.15, 0.2) is 24.5 Å². The number of fused-ring (bicyclic) bond motifs is 1. The molecule has 2 fully saturated rings. The predicted molar refractivity (Wildman–Crippen MR) is 98.3 cm³/mol. The first-order valence-corrected chi connectivity index (χ1v) is 9.81. The highest BCUT2D eigenvalue weighted by atomic mass is 19.4. The Morgan fingerprint density at radius 1 is 1.20 bits per heavy atom. The molecule has 0 spiro atoms. The van der Waals surface area contributed by atoms with Crippen LogP contribution in [0.5, 0.6) is 0 Å². The summed E-state index contributed by atoms with van der Waals surface area (Å²) < 4.78 is 74.6. The van der Waals surface area contributed by atoms with Gasteiger partial charge in [0.2, 0.25) is 5.92 Å². The molecule has 5 nitrogen and oxygen atoms in total. The number of H-pyrrole nitrogens is 1. The van der Waals surface area contributed by atoms with Crippen LogP contribution < -0.4 is 0 Å². The van der Waals surface area contributed by atoms with Crippen molar-refractivity contribution < 1.29 is 26.7 Å². The van der Waals surface area contributed by atoms with Gasteiger partial charge in [0, 0.05) is 54.4 Å². The van der Waals surface area contributed by atoms with E-state index in [2.05, 4.69) is 15.1 Å². The highest BCUT2D eigenvalue weighted by molar-refractivity contribution is 5.84. The molecular formula is C20H19F5N4O. The zero-order valence-corrected chi connectivity index (χ0v) is 15.8. The van der Waals surface area contributed by atoms with Crippen molar-refractivity contribution in [2.45, 2.75) is 49.7 Å². The first kappa shape index (κ1) is 19.5. The molecule has 0 radical (unpaired) electrons. The highest BCUT2D eigenvalue weighted by Crippen LogP contribution is 2.44. The number of nitrogens with one attached hydrogen (secondary N) is 1. The van der Waals surface area contributed by atoms with E-state index >= 15 is 0 Å². The molecule has 1 saturated heterocycles. The molecule has 3 aromatic heterocycles. The second-order valence-electron chi connectivity index (χ2n) is 8.03. The Balaban J connectivity index is 1.58. The minimum Gasteiger partial charge on any atom is -0.381 e. The number of halogens is 5. The molecule has 3 aromatic rings. The zero-order chi connectivity index (χ0) is 21.1. The lowest BCUT2D eigenvalue weighted by Gasteiger charge is -2.17. The number of hydrogen-bond acceptors (Lipinski definition) is 3. The Morgan fingerprint density at radius 2 is 2.03 bits per heavy atom. The maximum Gasteiger partial charge on any atom is 0.418 e. The second kappa shape index (κ2) is 6.76. The van der Waals surface area contributed by atoms with Gasteiger partial charge in [0.1, 0.15) is 5.65 Å². The van der Waals surface area contributed by atoms with E-state index in [-0.39, 0.29) is 29.8 Å². The average molecular weight is 426 g/mol. The monoisotopic (exact) mass is 426 g/mol. The van der Waals surface area contributed by atoms with Crippen LogP contribution in [-0.2, 0) is 10.9 Å². The Hall–Kier alpha value is -2.49. The van der Waals surface area contributed by atoms with Crippen LogP contribution in [0.4, 0.5) is 22.0 Å². The predicted octanol–water partition coefficient (Wildman–Crippen LogP) is 5.31. The van der Waals surface area contributed by atoms with Crippen molar-refractivity contribution in [1.82, 2.24) is 19.7 Å². The molecule has 1 N–H and O–H groups in total. The molecule has 0 aromatic carbocycles. The van der Waals surface area contributed by atoms with Gasteiger partial charge in [0.15, 0.2) is 0 Å². The molecule has 2 unspecified atom stereocenters. The quantitative estimate of drug-likeness (QED) is 0.578. The maximum absolute atomic E-state index is 13.8. The van der Waals surface area contributed by atoms with Gasteiger partial charge in [-0.1, -0.05) is 0 Å². The largest absolute Gasteiger partial charge is 0.418 e. The Labute approximate surface area is 168 Å². The first-order chi connectivity index (χ1) is 14.2. The van der Waals surface area contributed by atoms with Gasteiger partial charge in [-0.2, -0.15) is 18.3 Å². The summed E-state index contributed by atoms with van der Waals surface area (Å²) in [4.78, 5) is 6.63. The van der Waals surface area contributed by atoms with Gasteiger partial charge in [-0.15, -0.1) is 0 Å². The van der Waals surface area contributed by atoms with Crippen LogP contribution in [-0.4, -0.2) is 38.9 Å². The van der Waals surface area contributed by atoms with Crippen molar-refractivity contribution in [3.05, 3.63) is 35.8 Å². The minimum atomic E-state index is -4.51. The third-order valence-corrected chi connectivity index (χ3v) is 5.97. The van der Waals surface area contributed by atoms with Crippen LogP contribution in [0.2, 0.25) is 0 Å². The van der Waals surface area contributed by atoms with Gasteiger partial charge < -0.3 is 9.72 Å². The van der Waals surface area contributed by atoms with Crippen LogP contribution >= 0.6 is 0 Å². The Kier molecular flexibility index (Phi) is 4.39. The number of nitrogens with zero attached hydrogens (tertiary/aromatic N) is 3. The maximum atomic E-state index is 13.8. The van der Waals surface area contributed by atoms with Gasteiger partial charge >= 0.3 is 6.18 Å². The number of rotatable bonds is 3. The van der Waals surface area contributed by atoms with Crippen LogP contribution in [0.3, 0.4) is 0 Å². The van der Waals surface area contributed by atoms with Gasteiger partial charge in [-0.25, -0.2) is 13.8 Å². The van der Waals surface area contributed by atoms with Gasteiger partial charge in [0.05, 0.1) is 23.9 Å². The third-order valence-electron chi connectivity index (χ3n) is 5.97. The fourth-order valence-electron chi connectivity index (χ4n) is 4.43. The van der Waals surface area contributed by atoms with E-state index in [1.807, 2.05) is 0 Å². The smallest absolute Gasteiger partial charge is 0.381 e. The van der Waals surface area contributed by atoms with Crippen molar-refractivity contribution >= 4 is 11.0 Å². The molecule has 1 saturated carbocycles. The number of ether oxygens (including phenoxy) is 1. The third kappa shape index (κ3) is 3.36. The fraction of sp³-hybridized carbons (Fsp3) is 0.500. The van der Waals surface area contributed by atoms with E-state index in [1.54, 1.807) is 10.7 Å². The Bertz CT molecular complexity index is 1080. The van der Waals surface area contributed by atoms with E-state index in [0.717, 1.165) is 18.3 Å². The molecule has 160 valence electrons. The van der Waals surface area contributed by atoms with E-state index in [1.165, 1.54) is 12.3 Å². The standard InChI is InChI=1S/C20H19F5N4O/c21-19(22)3-1-13(7-19)29-17(11-2-4-30-10-11)6-16(28-29)12-5-14-15(20(23,24)25)9-27-18(14)26-8-12/h5-6,8-9,11,13H,1-4,7,10H2,(H,26,27). The van der Waals surface area contributed by atoms with Crippen LogP contribution in [0.25, 0.3) is 22.3 Å². The lowest BCUT2D eigenvalue weighted by molar-refractivity contribution is -0.136. The summed E-state index contributed by atoms with van der Waals surface area (Å²) in [5, 5.41) is 4.50. The normalized spacial score (nSPS) is 24.2. The molecule has 0 bridgehead atoms. The molecule has 1 aliphatic heterocycles. The summed E-state index contributed by atoms with van der Waals surface area (Å²) in [5.41, 5.74) is 0.957. The fourth-order valence-corrected chi connectivity index (χ4v) is 4.43. The summed E-state index contributed by atoms with van der Waals surface area (Å²) >= 11 is 0. The lowest BCUT2D eigenvalue weighted by atomic mass is 10.0. The summed E-state index contributed by atoms with van der Waals surface area (Å²) in [7, 11) is 0. The van der Waals surface area contributed by atoms with E-state index in [4.69, 9.17) is 4.74 Å². The molecule has 1 aliphatic carbocycles. The molecule has 2 aliphatic rings. The first-order valence-electron chi connectivity index (χ1n) is 9.81. The van der Waals surface area contributed by atoms with Crippen molar-refractivity contribution in [1.29, 1.82) is 0 Å². The van der Waals surface area contributed by atoms with Gasteiger partial charge in [0.25, 0.3) is 0 Å². The molecule has 5 rings (SSSR count). The van der Waals surface area contributed by atoms with E-state index in [9.17, 15) is 22.0 Å². The highest BCUT2D eigenvalue weighted by Gasteiger charge is 2.42. The van der Waals surface area contributed by atoms with Crippen LogP contribution in [0, 0.1) is 0 Å². The number of alkyl halides is 5. The van der Waals surface area contributed by atoms with Crippen molar-refractivity contribution in [3.8, 4) is 11.3 Å². The summed E-state index contributed by atoms with van der Waals surface area (Å²) in [6.45, 7) is 1.05. The summed E-state index contributed by atoms with van der Waals surface area (Å²) in [6.07, 6.45) is -1.60. The van der Waals surface area contributed by atoms with Gasteiger partial charge in [-0.05, 0) is 25.0 Å². The molecule has 10 heteroatoms. The lowest BCUT2D eigenvalue weighted by Crippen LogP contribution is -2.16. The number of hydrogen-bond donors (Lipinski definition) is 1. The topological polar surface area (TPSA) is 55.7 Å². The van der Waals surface area contributed by atoms with E-state index < -0.39 is 23.7 Å². The minimum absolute atomic E-state index is 0.0233. The van der Waals surface area contributed by atoms with Gasteiger partial charge in [-0.3, -0.25) is 4.68 Å². The SMILES string of the molecule is FC1(F)CCC(n2nc(-c3cnc4[nH]cc(C(F)(F)F)c4c3)cc2C2CCOC2)C1. The molecule has 2 atom stereocenters. The van der Waals surface area contributed by atoms with Crippen molar-refractivity contribution in [2.75, 3.05) is 13.2 Å². The van der Waals surface area contributed by atoms with E-state index in [0.29, 0.717) is 30.9 Å². The number of aromatic nitrogens is 4. The summed E-state index contributed by atoms with van der Waals surface area (Å²) in [6, 6.07) is 2.73. The number of pyridine rings is 1. The molecule has 4 heterocycles. The van der Waals surface area contributed by atoms with Crippen molar-refractivity contribution in [3.63, 3.8) is 0 Å².